The van der Waals surface area contributed by atoms with Crippen molar-refractivity contribution in [3.8, 4) is 33.9 Å². The maximum absolute atomic E-state index is 11.5. The number of hydrogen-bond acceptors (Lipinski definition) is 7. The standard InChI is InChI=1S/C38H31N3O6/c1-44-35(42)23-46-29-17-13-27(14-18-29)33-21-31(25-9-5-3-6-10-25)37(39-33)41-38-32(26-11-7-4-8-12-26)22-34(40-38)28-15-19-30(20-16-28)47-24-36(43)45-2/h3-22,39H,23-24H2,1-2H3/b41-38-. The van der Waals surface area contributed by atoms with E-state index in [-0.39, 0.29) is 13.2 Å². The lowest BCUT2D eigenvalue weighted by molar-refractivity contribution is -0.143. The Morgan fingerprint density at radius 1 is 0.660 bits per heavy atom. The lowest BCUT2D eigenvalue weighted by Gasteiger charge is -2.05. The van der Waals surface area contributed by atoms with Crippen molar-refractivity contribution in [2.24, 2.45) is 9.98 Å². The third-order valence-corrected chi connectivity index (χ3v) is 7.42. The number of aromatic nitrogens is 1. The van der Waals surface area contributed by atoms with Crippen molar-refractivity contribution in [2.75, 3.05) is 27.4 Å². The molecule has 0 radical (unpaired) electrons. The number of carbonyl (C=O) groups excluding carboxylic acids is 2. The summed E-state index contributed by atoms with van der Waals surface area (Å²) in [6, 6.07) is 37.0. The zero-order valence-electron chi connectivity index (χ0n) is 25.8. The van der Waals surface area contributed by atoms with Crippen molar-refractivity contribution < 1.29 is 28.5 Å². The molecule has 0 spiro atoms. The number of carbonyl (C=O) groups is 2. The molecule has 1 aliphatic rings. The number of nitrogens with one attached hydrogen (secondary N) is 1. The minimum Gasteiger partial charge on any atom is -0.482 e. The van der Waals surface area contributed by atoms with Gasteiger partial charge in [0, 0.05) is 22.4 Å². The molecule has 4 aromatic carbocycles. The van der Waals surface area contributed by atoms with Gasteiger partial charge < -0.3 is 23.9 Å². The van der Waals surface area contributed by atoms with Crippen LogP contribution in [0.3, 0.4) is 0 Å². The Hall–Kier alpha value is -6.22. The number of methoxy groups -OCH3 is 2. The van der Waals surface area contributed by atoms with Gasteiger partial charge in [0.05, 0.1) is 19.9 Å². The molecule has 1 aliphatic heterocycles. The number of nitrogens with zero attached hydrogens (tertiary/aromatic N) is 2. The fourth-order valence-electron chi connectivity index (χ4n) is 4.96. The van der Waals surface area contributed by atoms with Crippen LogP contribution >= 0.6 is 0 Å². The van der Waals surface area contributed by atoms with Crippen LogP contribution < -0.4 is 9.47 Å². The number of esters is 2. The molecular weight excluding hydrogens is 594 g/mol. The molecule has 1 N–H and O–H groups in total. The molecule has 0 atom stereocenters. The van der Waals surface area contributed by atoms with Crippen molar-refractivity contribution in [3.63, 3.8) is 0 Å². The van der Waals surface area contributed by atoms with Crippen molar-refractivity contribution in [1.29, 1.82) is 0 Å². The van der Waals surface area contributed by atoms with Gasteiger partial charge in [-0.25, -0.2) is 19.6 Å². The zero-order chi connectivity index (χ0) is 32.6. The lowest BCUT2D eigenvalue weighted by Crippen LogP contribution is -2.12. The summed E-state index contributed by atoms with van der Waals surface area (Å²) >= 11 is 0. The zero-order valence-corrected chi connectivity index (χ0v) is 25.8. The van der Waals surface area contributed by atoms with E-state index in [0.717, 1.165) is 44.8 Å². The Kier molecular flexibility index (Phi) is 9.34. The van der Waals surface area contributed by atoms with Gasteiger partial charge in [0.25, 0.3) is 0 Å². The second-order valence-electron chi connectivity index (χ2n) is 10.4. The van der Waals surface area contributed by atoms with Gasteiger partial charge in [-0.3, -0.25) is 0 Å². The SMILES string of the molecule is COC(=O)COc1ccc(C2=N/C(=N\c3[nH]c(-c4ccc(OCC(=O)OC)cc4)cc3-c3ccccc3)C(c3ccccc3)=C2)cc1. The van der Waals surface area contributed by atoms with Crippen LogP contribution in [0.1, 0.15) is 11.1 Å². The van der Waals surface area contributed by atoms with E-state index in [1.54, 1.807) is 12.1 Å². The minimum atomic E-state index is -0.449. The first-order valence-corrected chi connectivity index (χ1v) is 14.8. The molecule has 47 heavy (non-hydrogen) atoms. The highest BCUT2D eigenvalue weighted by atomic mass is 16.6. The topological polar surface area (TPSA) is 112 Å². The maximum atomic E-state index is 11.5. The van der Waals surface area contributed by atoms with Crippen LogP contribution in [-0.2, 0) is 19.1 Å². The highest BCUT2D eigenvalue weighted by Gasteiger charge is 2.21. The summed E-state index contributed by atoms with van der Waals surface area (Å²) in [7, 11) is 2.65. The average molecular weight is 626 g/mol. The second kappa shape index (κ2) is 14.3. The average Bonchev–Trinajstić information content (AvgIpc) is 3.75. The van der Waals surface area contributed by atoms with E-state index in [1.165, 1.54) is 14.2 Å². The van der Waals surface area contributed by atoms with Gasteiger partial charge in [0.15, 0.2) is 19.0 Å². The lowest BCUT2D eigenvalue weighted by atomic mass is 10.0. The third kappa shape index (κ3) is 7.37. The van der Waals surface area contributed by atoms with E-state index in [4.69, 9.17) is 19.5 Å². The molecule has 0 fully saturated rings. The smallest absolute Gasteiger partial charge is 0.343 e. The summed E-state index contributed by atoms with van der Waals surface area (Å²) in [5.41, 5.74) is 7.19. The molecule has 0 bridgehead atoms. The minimum absolute atomic E-state index is 0.161. The molecule has 5 aromatic rings. The fraction of sp³-hybridized carbons (Fsp3) is 0.105. The quantitative estimate of drug-likeness (QED) is 0.157. The number of aromatic amines is 1. The van der Waals surface area contributed by atoms with E-state index >= 15 is 0 Å². The summed E-state index contributed by atoms with van der Waals surface area (Å²) in [6.07, 6.45) is 2.03. The number of H-pyrrole nitrogens is 1. The first-order valence-electron chi connectivity index (χ1n) is 14.8. The monoisotopic (exact) mass is 625 g/mol. The van der Waals surface area contributed by atoms with Crippen molar-refractivity contribution in [1.82, 2.24) is 4.98 Å². The molecule has 0 amide bonds. The molecular formula is C38H31N3O6. The maximum Gasteiger partial charge on any atom is 0.343 e. The van der Waals surface area contributed by atoms with Crippen molar-refractivity contribution >= 4 is 34.9 Å². The van der Waals surface area contributed by atoms with Crippen LogP contribution in [0.4, 0.5) is 5.82 Å². The highest BCUT2D eigenvalue weighted by molar-refractivity contribution is 6.38. The molecule has 0 saturated heterocycles. The Labute approximate surface area is 271 Å². The second-order valence-corrected chi connectivity index (χ2v) is 10.4. The molecule has 9 heteroatoms. The first kappa shape index (κ1) is 30.8. The molecule has 6 rings (SSSR count). The molecule has 0 unspecified atom stereocenters. The third-order valence-electron chi connectivity index (χ3n) is 7.42. The molecule has 2 heterocycles. The number of hydrogen-bond donors (Lipinski definition) is 1. The number of benzene rings is 4. The molecule has 9 nitrogen and oxygen atoms in total. The summed E-state index contributed by atoms with van der Waals surface area (Å²) in [4.78, 5) is 36.6. The fourth-order valence-corrected chi connectivity index (χ4v) is 4.96. The number of ether oxygens (including phenoxy) is 4. The predicted octanol–water partition coefficient (Wildman–Crippen LogP) is 7.07. The van der Waals surface area contributed by atoms with E-state index in [0.29, 0.717) is 23.2 Å². The van der Waals surface area contributed by atoms with Gasteiger partial charge in [0.1, 0.15) is 17.3 Å². The Morgan fingerprint density at radius 2 is 1.19 bits per heavy atom. The Morgan fingerprint density at radius 3 is 1.74 bits per heavy atom. The molecule has 234 valence electrons. The Bertz CT molecular complexity index is 1960. The van der Waals surface area contributed by atoms with E-state index in [1.807, 2.05) is 103 Å². The van der Waals surface area contributed by atoms with Crippen molar-refractivity contribution in [3.05, 3.63) is 132 Å². The van der Waals surface area contributed by atoms with E-state index in [9.17, 15) is 9.59 Å². The summed E-state index contributed by atoms with van der Waals surface area (Å²) in [6.45, 7) is -0.327. The number of allylic oxidation sites excluding steroid dienone is 1. The van der Waals surface area contributed by atoms with E-state index in [2.05, 4.69) is 20.5 Å². The van der Waals surface area contributed by atoms with Gasteiger partial charge in [-0.1, -0.05) is 60.7 Å². The number of aliphatic imine (C=N–C) groups is 2. The Balaban J connectivity index is 1.36. The summed E-state index contributed by atoms with van der Waals surface area (Å²) in [5.74, 6) is 1.43. The van der Waals surface area contributed by atoms with Crippen molar-refractivity contribution in [2.45, 2.75) is 0 Å². The van der Waals surface area contributed by atoms with Crippen LogP contribution in [0.15, 0.2) is 131 Å². The predicted molar refractivity (Wildman–Crippen MR) is 181 cm³/mol. The van der Waals surface area contributed by atoms with Gasteiger partial charge in [0.2, 0.25) is 0 Å². The molecule has 0 aliphatic carbocycles. The van der Waals surface area contributed by atoms with Crippen LogP contribution in [0, 0.1) is 0 Å². The number of rotatable bonds is 11. The summed E-state index contributed by atoms with van der Waals surface area (Å²) < 4.78 is 20.3. The van der Waals surface area contributed by atoms with Gasteiger partial charge >= 0.3 is 11.9 Å². The van der Waals surface area contributed by atoms with Crippen LogP contribution in [0.5, 0.6) is 11.5 Å². The van der Waals surface area contributed by atoms with Crippen LogP contribution in [-0.4, -0.2) is 55.9 Å². The van der Waals surface area contributed by atoms with Crippen LogP contribution in [0.25, 0.3) is 28.0 Å². The van der Waals surface area contributed by atoms with E-state index < -0.39 is 11.9 Å². The first-order chi connectivity index (χ1) is 23.0. The van der Waals surface area contributed by atoms with Crippen LogP contribution in [0.2, 0.25) is 0 Å². The normalized spacial score (nSPS) is 13.1. The number of amidine groups is 1. The summed E-state index contributed by atoms with van der Waals surface area (Å²) in [5, 5.41) is 0. The van der Waals surface area contributed by atoms with Gasteiger partial charge in [-0.05, 0) is 77.4 Å². The molecule has 1 aromatic heterocycles. The molecule has 0 saturated carbocycles. The van der Waals surface area contributed by atoms with Gasteiger partial charge in [-0.2, -0.15) is 0 Å². The largest absolute Gasteiger partial charge is 0.482 e. The highest BCUT2D eigenvalue weighted by Crippen LogP contribution is 2.37. The van der Waals surface area contributed by atoms with Gasteiger partial charge in [-0.15, -0.1) is 0 Å².